The lowest BCUT2D eigenvalue weighted by Gasteiger charge is -2.16. The van der Waals surface area contributed by atoms with Crippen LogP contribution in [0.2, 0.25) is 0 Å². The van der Waals surface area contributed by atoms with Crippen LogP contribution in [0.15, 0.2) is 36.4 Å². The first kappa shape index (κ1) is 25.7. The van der Waals surface area contributed by atoms with Crippen LogP contribution >= 0.6 is 0 Å². The first-order valence-electron chi connectivity index (χ1n) is 11.4. The minimum absolute atomic E-state index is 0.125. The van der Waals surface area contributed by atoms with Gasteiger partial charge >= 0.3 is 6.18 Å². The molecule has 0 atom stereocenters. The summed E-state index contributed by atoms with van der Waals surface area (Å²) in [5.74, 6) is -1.58. The molecule has 12 heteroatoms. The van der Waals surface area contributed by atoms with E-state index in [1.807, 2.05) is 0 Å². The van der Waals surface area contributed by atoms with E-state index in [9.17, 15) is 27.9 Å². The van der Waals surface area contributed by atoms with Crippen LogP contribution in [0, 0.1) is 5.41 Å². The molecule has 37 heavy (non-hydrogen) atoms. The molecule has 4 rings (SSSR count). The Kier molecular flexibility index (Phi) is 6.68. The lowest BCUT2D eigenvalue weighted by atomic mass is 10.1. The summed E-state index contributed by atoms with van der Waals surface area (Å²) in [6.45, 7) is -0.197. The van der Waals surface area contributed by atoms with Crippen molar-refractivity contribution in [1.29, 1.82) is 5.41 Å². The highest BCUT2D eigenvalue weighted by molar-refractivity contribution is 5.96. The molecule has 3 aromatic rings. The van der Waals surface area contributed by atoms with Crippen molar-refractivity contribution in [3.8, 4) is 11.4 Å². The number of carbonyl (C=O) groups is 2. The van der Waals surface area contributed by atoms with E-state index in [-0.39, 0.29) is 40.6 Å². The number of amides is 2. The predicted molar refractivity (Wildman–Crippen MR) is 129 cm³/mol. The number of nitrogen functional groups attached to an aromatic ring is 1. The molecule has 1 aromatic heterocycles. The molecule has 1 aliphatic rings. The average molecular weight is 515 g/mol. The molecule has 0 spiro atoms. The van der Waals surface area contributed by atoms with Crippen molar-refractivity contribution in [3.63, 3.8) is 0 Å². The number of benzene rings is 2. The highest BCUT2D eigenvalue weighted by atomic mass is 19.4. The van der Waals surface area contributed by atoms with E-state index in [0.717, 1.165) is 10.7 Å². The molecular weight excluding hydrogens is 489 g/mol. The van der Waals surface area contributed by atoms with Crippen LogP contribution in [-0.2, 0) is 25.6 Å². The van der Waals surface area contributed by atoms with Gasteiger partial charge in [-0.05, 0) is 55.7 Å². The third-order valence-corrected chi connectivity index (χ3v) is 6.16. The van der Waals surface area contributed by atoms with Crippen LogP contribution in [0.3, 0.4) is 0 Å². The zero-order valence-electron chi connectivity index (χ0n) is 20.1. The number of aromatic hydroxyl groups is 1. The maximum absolute atomic E-state index is 14.1. The van der Waals surface area contributed by atoms with Crippen LogP contribution in [0.5, 0.6) is 5.75 Å². The molecule has 0 radical (unpaired) electrons. The Balaban J connectivity index is 1.68. The number of halogens is 3. The summed E-state index contributed by atoms with van der Waals surface area (Å²) in [6, 6.07) is 7.32. The van der Waals surface area contributed by atoms with E-state index in [2.05, 4.69) is 10.4 Å². The van der Waals surface area contributed by atoms with Gasteiger partial charge in [0.25, 0.3) is 11.8 Å². The lowest BCUT2D eigenvalue weighted by Crippen LogP contribution is -2.24. The topological polar surface area (TPSA) is 137 Å². The van der Waals surface area contributed by atoms with Gasteiger partial charge in [0.05, 0.1) is 11.3 Å². The minimum Gasteiger partial charge on any atom is -0.508 e. The van der Waals surface area contributed by atoms with E-state index in [0.29, 0.717) is 36.1 Å². The number of nitrogens with zero attached hydrogens (tertiary/aromatic N) is 3. The summed E-state index contributed by atoms with van der Waals surface area (Å²) >= 11 is 0. The largest absolute Gasteiger partial charge is 0.508 e. The molecule has 0 aliphatic heterocycles. The molecule has 9 nitrogen and oxygen atoms in total. The van der Waals surface area contributed by atoms with Gasteiger partial charge in [0.1, 0.15) is 11.6 Å². The number of carbonyl (C=O) groups excluding carboxylic acids is 2. The second kappa shape index (κ2) is 9.60. The van der Waals surface area contributed by atoms with Crippen molar-refractivity contribution in [2.75, 3.05) is 14.1 Å². The molecule has 0 saturated carbocycles. The van der Waals surface area contributed by atoms with Crippen molar-refractivity contribution in [2.45, 2.75) is 32.0 Å². The Morgan fingerprint density at radius 1 is 1.16 bits per heavy atom. The summed E-state index contributed by atoms with van der Waals surface area (Å²) < 4.78 is 43.6. The van der Waals surface area contributed by atoms with Crippen LogP contribution in [0.1, 0.15) is 55.2 Å². The molecule has 0 unspecified atom stereocenters. The van der Waals surface area contributed by atoms with Gasteiger partial charge in [-0.2, -0.15) is 18.3 Å². The summed E-state index contributed by atoms with van der Waals surface area (Å²) in [5, 5.41) is 24.2. The van der Waals surface area contributed by atoms with Gasteiger partial charge in [-0.15, -0.1) is 0 Å². The van der Waals surface area contributed by atoms with Crippen molar-refractivity contribution in [3.05, 3.63) is 75.6 Å². The molecule has 0 bridgehead atoms. The number of hydrogen-bond donors (Lipinski definition) is 4. The summed E-state index contributed by atoms with van der Waals surface area (Å²) in [7, 11) is 3.10. The van der Waals surface area contributed by atoms with Crippen LogP contribution in [0.25, 0.3) is 5.69 Å². The normalized spacial score (nSPS) is 12.8. The van der Waals surface area contributed by atoms with E-state index in [1.165, 1.54) is 35.2 Å². The molecular formula is C25H25F3N6O3. The fourth-order valence-electron chi connectivity index (χ4n) is 4.28. The molecule has 5 N–H and O–H groups in total. The standard InChI is InChI=1S/C25H25F3N6O3/c1-33(2)24(37)21-16-4-3-5-18(16)34(32-21)19-8-6-14(11-17(19)25(26,27)28)23(36)31-12-15-10-13(22(29)30)7-9-20(15)35/h6-11,35H,3-5,12H2,1-2H3,(H3,29,30)(H,31,36). The van der Waals surface area contributed by atoms with Crippen molar-refractivity contribution < 1.29 is 27.9 Å². The number of phenolic OH excluding ortho intramolecular Hbond substituents is 1. The molecule has 2 amide bonds. The molecule has 2 aromatic carbocycles. The summed E-state index contributed by atoms with van der Waals surface area (Å²) in [5.41, 5.74) is 5.75. The minimum atomic E-state index is -4.80. The molecule has 0 fully saturated rings. The van der Waals surface area contributed by atoms with Crippen molar-refractivity contribution in [2.24, 2.45) is 5.73 Å². The Morgan fingerprint density at radius 2 is 1.86 bits per heavy atom. The number of alkyl halides is 3. The third-order valence-electron chi connectivity index (χ3n) is 6.16. The predicted octanol–water partition coefficient (Wildman–Crippen LogP) is 3.00. The molecule has 1 heterocycles. The Labute approximate surface area is 210 Å². The number of aromatic nitrogens is 2. The van der Waals surface area contributed by atoms with Gasteiger partial charge in [0, 0.05) is 48.6 Å². The smallest absolute Gasteiger partial charge is 0.418 e. The van der Waals surface area contributed by atoms with Gasteiger partial charge in [-0.25, -0.2) is 4.68 Å². The zero-order valence-corrected chi connectivity index (χ0v) is 20.1. The van der Waals surface area contributed by atoms with E-state index in [4.69, 9.17) is 11.1 Å². The van der Waals surface area contributed by atoms with Crippen molar-refractivity contribution in [1.82, 2.24) is 20.0 Å². The van der Waals surface area contributed by atoms with E-state index in [1.54, 1.807) is 14.1 Å². The monoisotopic (exact) mass is 514 g/mol. The van der Waals surface area contributed by atoms with E-state index < -0.39 is 23.6 Å². The third kappa shape index (κ3) is 4.99. The summed E-state index contributed by atoms with van der Waals surface area (Å²) in [4.78, 5) is 26.6. The van der Waals surface area contributed by atoms with E-state index >= 15 is 0 Å². The number of hydrogen-bond acceptors (Lipinski definition) is 5. The number of nitrogens with two attached hydrogens (primary N) is 1. The highest BCUT2D eigenvalue weighted by Crippen LogP contribution is 2.37. The first-order valence-corrected chi connectivity index (χ1v) is 11.4. The van der Waals surface area contributed by atoms with Gasteiger partial charge in [0.2, 0.25) is 0 Å². The number of fused-ring (bicyclic) bond motifs is 1. The molecule has 0 saturated heterocycles. The fraction of sp³-hybridized carbons (Fsp3) is 0.280. The number of phenols is 1. The highest BCUT2D eigenvalue weighted by Gasteiger charge is 2.37. The van der Waals surface area contributed by atoms with Crippen LogP contribution in [-0.4, -0.2) is 51.5 Å². The van der Waals surface area contributed by atoms with Crippen LogP contribution in [0.4, 0.5) is 13.2 Å². The quantitative estimate of drug-likeness (QED) is 0.296. The number of rotatable bonds is 6. The van der Waals surface area contributed by atoms with Crippen LogP contribution < -0.4 is 11.1 Å². The maximum Gasteiger partial charge on any atom is 0.418 e. The zero-order chi connectivity index (χ0) is 27.1. The Hall–Kier alpha value is -4.35. The summed E-state index contributed by atoms with van der Waals surface area (Å²) in [6.07, 6.45) is -3.08. The second-order valence-corrected chi connectivity index (χ2v) is 8.91. The van der Waals surface area contributed by atoms with Gasteiger partial charge in [-0.3, -0.25) is 15.0 Å². The molecule has 1 aliphatic carbocycles. The number of amidine groups is 1. The first-order chi connectivity index (χ1) is 17.4. The fourth-order valence-corrected chi connectivity index (χ4v) is 4.28. The SMILES string of the molecule is CN(C)C(=O)c1nn(-c2ccc(C(=O)NCc3cc(C(=N)N)ccc3O)cc2C(F)(F)F)c2c1CCC2. The molecule has 194 valence electrons. The average Bonchev–Trinajstić information content (AvgIpc) is 3.45. The van der Waals surface area contributed by atoms with Crippen molar-refractivity contribution >= 4 is 17.6 Å². The Bertz CT molecular complexity index is 1410. The van der Waals surface area contributed by atoms with Gasteiger partial charge in [0.15, 0.2) is 5.69 Å². The Morgan fingerprint density at radius 3 is 2.51 bits per heavy atom. The number of nitrogens with one attached hydrogen (secondary N) is 2. The maximum atomic E-state index is 14.1. The second-order valence-electron chi connectivity index (χ2n) is 8.91. The van der Waals surface area contributed by atoms with Gasteiger partial charge < -0.3 is 21.1 Å². The van der Waals surface area contributed by atoms with Gasteiger partial charge in [-0.1, -0.05) is 0 Å². The lowest BCUT2D eigenvalue weighted by molar-refractivity contribution is -0.137.